The summed E-state index contributed by atoms with van der Waals surface area (Å²) in [5.74, 6) is -0.148. The van der Waals surface area contributed by atoms with E-state index >= 15 is 0 Å². The summed E-state index contributed by atoms with van der Waals surface area (Å²) in [5, 5.41) is 11.3. The summed E-state index contributed by atoms with van der Waals surface area (Å²) in [6.07, 6.45) is 0.773. The Morgan fingerprint density at radius 1 is 1.26 bits per heavy atom. The SMILES string of the molecule is NC(=O)CCOc1ccccc1NC(=O)CCCO. The molecule has 0 fully saturated rings. The lowest BCUT2D eigenvalue weighted by Crippen LogP contribution is -2.16. The number of hydrogen-bond acceptors (Lipinski definition) is 4. The van der Waals surface area contributed by atoms with Crippen LogP contribution in [0.15, 0.2) is 24.3 Å². The van der Waals surface area contributed by atoms with Gasteiger partial charge in [0.1, 0.15) is 5.75 Å². The number of benzene rings is 1. The van der Waals surface area contributed by atoms with Gasteiger partial charge in [0.2, 0.25) is 11.8 Å². The summed E-state index contributed by atoms with van der Waals surface area (Å²) in [6.45, 7) is 0.142. The predicted molar refractivity (Wildman–Crippen MR) is 70.7 cm³/mol. The third kappa shape index (κ3) is 5.87. The Balaban J connectivity index is 2.57. The fraction of sp³-hybridized carbons (Fsp3) is 0.385. The number of para-hydroxylation sites is 2. The second-order valence-electron chi connectivity index (χ2n) is 3.94. The first-order valence-electron chi connectivity index (χ1n) is 6.04. The van der Waals surface area contributed by atoms with Crippen molar-refractivity contribution in [3.63, 3.8) is 0 Å². The first-order chi connectivity index (χ1) is 9.13. The van der Waals surface area contributed by atoms with E-state index in [0.717, 1.165) is 0 Å². The van der Waals surface area contributed by atoms with Crippen LogP contribution in [-0.2, 0) is 9.59 Å². The van der Waals surface area contributed by atoms with Crippen molar-refractivity contribution in [3.8, 4) is 5.75 Å². The Morgan fingerprint density at radius 3 is 2.68 bits per heavy atom. The smallest absolute Gasteiger partial charge is 0.224 e. The van der Waals surface area contributed by atoms with Crippen LogP contribution in [0, 0.1) is 0 Å². The number of nitrogens with two attached hydrogens (primary N) is 1. The number of hydrogen-bond donors (Lipinski definition) is 3. The minimum absolute atomic E-state index is 0.0236. The van der Waals surface area contributed by atoms with Gasteiger partial charge in [0.15, 0.2) is 0 Å². The molecule has 0 unspecified atom stereocenters. The van der Waals surface area contributed by atoms with Crippen molar-refractivity contribution in [3.05, 3.63) is 24.3 Å². The van der Waals surface area contributed by atoms with Crippen LogP contribution in [-0.4, -0.2) is 30.1 Å². The minimum atomic E-state index is -0.440. The lowest BCUT2D eigenvalue weighted by atomic mass is 10.2. The largest absolute Gasteiger partial charge is 0.491 e. The Kier molecular flexibility index (Phi) is 6.38. The van der Waals surface area contributed by atoms with Crippen LogP contribution in [0.3, 0.4) is 0 Å². The Bertz CT molecular complexity index is 434. The van der Waals surface area contributed by atoms with E-state index in [9.17, 15) is 9.59 Å². The van der Waals surface area contributed by atoms with Crippen LogP contribution >= 0.6 is 0 Å². The highest BCUT2D eigenvalue weighted by molar-refractivity contribution is 5.92. The molecule has 0 saturated heterocycles. The van der Waals surface area contributed by atoms with Gasteiger partial charge in [-0.25, -0.2) is 0 Å². The Morgan fingerprint density at radius 2 is 2.00 bits per heavy atom. The maximum absolute atomic E-state index is 11.6. The van der Waals surface area contributed by atoms with Gasteiger partial charge < -0.3 is 20.9 Å². The zero-order valence-corrected chi connectivity index (χ0v) is 10.6. The number of carbonyl (C=O) groups excluding carboxylic acids is 2. The number of rotatable bonds is 8. The second kappa shape index (κ2) is 8.10. The quantitative estimate of drug-likeness (QED) is 0.643. The van der Waals surface area contributed by atoms with Gasteiger partial charge >= 0.3 is 0 Å². The summed E-state index contributed by atoms with van der Waals surface area (Å²) in [4.78, 5) is 22.2. The Labute approximate surface area is 111 Å². The molecule has 4 N–H and O–H groups in total. The lowest BCUT2D eigenvalue weighted by molar-refractivity contribution is -0.118. The molecule has 0 heterocycles. The summed E-state index contributed by atoms with van der Waals surface area (Å²) in [5.41, 5.74) is 5.55. The summed E-state index contributed by atoms with van der Waals surface area (Å²) in [7, 11) is 0. The fourth-order valence-electron chi connectivity index (χ4n) is 1.41. The first-order valence-corrected chi connectivity index (χ1v) is 6.04. The number of carbonyl (C=O) groups is 2. The summed E-state index contributed by atoms with van der Waals surface area (Å²) < 4.78 is 5.39. The lowest BCUT2D eigenvalue weighted by Gasteiger charge is -2.11. The van der Waals surface area contributed by atoms with E-state index in [1.165, 1.54) is 0 Å². The molecule has 0 aliphatic heterocycles. The molecule has 0 atom stereocenters. The van der Waals surface area contributed by atoms with Crippen molar-refractivity contribution < 1.29 is 19.4 Å². The highest BCUT2D eigenvalue weighted by Gasteiger charge is 2.07. The molecule has 104 valence electrons. The summed E-state index contributed by atoms with van der Waals surface area (Å²) in [6, 6.07) is 6.94. The van der Waals surface area contributed by atoms with Crippen molar-refractivity contribution in [1.82, 2.24) is 0 Å². The van der Waals surface area contributed by atoms with Gasteiger partial charge in [0, 0.05) is 13.0 Å². The van der Waals surface area contributed by atoms with Crippen molar-refractivity contribution in [2.45, 2.75) is 19.3 Å². The number of amides is 2. The molecule has 1 aromatic carbocycles. The molecule has 0 saturated carbocycles. The summed E-state index contributed by atoms with van der Waals surface area (Å²) >= 11 is 0. The highest BCUT2D eigenvalue weighted by atomic mass is 16.5. The van der Waals surface area contributed by atoms with Gasteiger partial charge in [-0.05, 0) is 18.6 Å². The molecule has 1 rings (SSSR count). The van der Waals surface area contributed by atoms with Gasteiger partial charge in [-0.15, -0.1) is 0 Å². The van der Waals surface area contributed by atoms with Crippen molar-refractivity contribution >= 4 is 17.5 Å². The van der Waals surface area contributed by atoms with Gasteiger partial charge in [-0.2, -0.15) is 0 Å². The molecule has 1 aromatic rings. The van der Waals surface area contributed by atoms with Crippen molar-refractivity contribution in [1.29, 1.82) is 0 Å². The molecule has 0 bridgehead atoms. The van der Waals surface area contributed by atoms with Crippen molar-refractivity contribution in [2.24, 2.45) is 5.73 Å². The van der Waals surface area contributed by atoms with E-state index in [1.54, 1.807) is 24.3 Å². The predicted octanol–water partition coefficient (Wildman–Crippen LogP) is 0.652. The average molecular weight is 266 g/mol. The molecular formula is C13H18N2O4. The van der Waals surface area contributed by atoms with E-state index in [1.807, 2.05) is 0 Å². The van der Waals surface area contributed by atoms with Gasteiger partial charge in [-0.1, -0.05) is 12.1 Å². The molecule has 0 aliphatic carbocycles. The number of anilines is 1. The molecular weight excluding hydrogens is 248 g/mol. The number of aliphatic hydroxyl groups is 1. The molecule has 19 heavy (non-hydrogen) atoms. The van der Waals surface area contributed by atoms with Crippen LogP contribution in [0.2, 0.25) is 0 Å². The number of primary amides is 1. The molecule has 0 aliphatic rings. The van der Waals surface area contributed by atoms with Crippen molar-refractivity contribution in [2.75, 3.05) is 18.5 Å². The van der Waals surface area contributed by atoms with Gasteiger partial charge in [-0.3, -0.25) is 9.59 Å². The maximum atomic E-state index is 11.6. The number of ether oxygens (including phenoxy) is 1. The number of nitrogens with one attached hydrogen (secondary N) is 1. The molecule has 6 heteroatoms. The zero-order valence-electron chi connectivity index (χ0n) is 10.6. The highest BCUT2D eigenvalue weighted by Crippen LogP contribution is 2.24. The third-order valence-electron chi connectivity index (χ3n) is 2.33. The second-order valence-corrected chi connectivity index (χ2v) is 3.94. The monoisotopic (exact) mass is 266 g/mol. The van der Waals surface area contributed by atoms with Crippen LogP contribution in [0.4, 0.5) is 5.69 Å². The van der Waals surface area contributed by atoms with E-state index in [0.29, 0.717) is 17.9 Å². The molecule has 2 amide bonds. The van der Waals surface area contributed by atoms with Crippen LogP contribution < -0.4 is 15.8 Å². The average Bonchev–Trinajstić information content (AvgIpc) is 2.38. The molecule has 0 spiro atoms. The topological polar surface area (TPSA) is 102 Å². The van der Waals surface area contributed by atoms with E-state index < -0.39 is 5.91 Å². The van der Waals surface area contributed by atoms with E-state index in [-0.39, 0.29) is 32.0 Å². The van der Waals surface area contributed by atoms with Crippen LogP contribution in [0.25, 0.3) is 0 Å². The van der Waals surface area contributed by atoms with E-state index in [2.05, 4.69) is 5.32 Å². The maximum Gasteiger partial charge on any atom is 0.224 e. The van der Waals surface area contributed by atoms with E-state index in [4.69, 9.17) is 15.6 Å². The van der Waals surface area contributed by atoms with Crippen LogP contribution in [0.5, 0.6) is 5.75 Å². The fourth-order valence-corrected chi connectivity index (χ4v) is 1.41. The first kappa shape index (κ1) is 15.0. The third-order valence-corrected chi connectivity index (χ3v) is 2.33. The molecule has 6 nitrogen and oxygen atoms in total. The normalized spacial score (nSPS) is 9.95. The molecule has 0 aromatic heterocycles. The Hall–Kier alpha value is -2.08. The minimum Gasteiger partial charge on any atom is -0.491 e. The standard InChI is InChI=1S/C13H18N2O4/c14-12(17)7-9-19-11-5-2-1-4-10(11)15-13(18)6-3-8-16/h1-2,4-5,16H,3,6-9H2,(H2,14,17)(H,15,18). The molecule has 0 radical (unpaired) electrons. The number of aliphatic hydroxyl groups excluding tert-OH is 1. The van der Waals surface area contributed by atoms with Crippen LogP contribution in [0.1, 0.15) is 19.3 Å². The van der Waals surface area contributed by atoms with Gasteiger partial charge in [0.25, 0.3) is 0 Å². The zero-order chi connectivity index (χ0) is 14.1. The van der Waals surface area contributed by atoms with Gasteiger partial charge in [0.05, 0.1) is 18.7 Å².